The van der Waals surface area contributed by atoms with E-state index in [4.69, 9.17) is 23.7 Å². The molecule has 0 radical (unpaired) electrons. The van der Waals surface area contributed by atoms with Gasteiger partial charge in [-0.1, -0.05) is 0 Å². The third-order valence-corrected chi connectivity index (χ3v) is 7.47. The van der Waals surface area contributed by atoms with Crippen LogP contribution in [0.5, 0.6) is 0 Å². The lowest BCUT2D eigenvalue weighted by molar-refractivity contribution is -0.364. The highest BCUT2D eigenvalue weighted by Gasteiger charge is 2.57. The lowest BCUT2D eigenvalue weighted by atomic mass is 9.88. The third-order valence-electron chi connectivity index (χ3n) is 7.47. The molecule has 20 heteroatoms. The average molecular weight is 634 g/mol. The lowest BCUT2D eigenvalue weighted by Gasteiger charge is -2.48. The molecule has 0 aromatic carbocycles. The van der Waals surface area contributed by atoms with E-state index in [1.165, 1.54) is 0 Å². The van der Waals surface area contributed by atoms with E-state index in [0.29, 0.717) is 0 Å². The van der Waals surface area contributed by atoms with Crippen molar-refractivity contribution in [2.45, 2.75) is 111 Å². The molecule has 0 aromatic rings. The zero-order chi connectivity index (χ0) is 32.4. The van der Waals surface area contributed by atoms with Gasteiger partial charge in [-0.25, -0.2) is 4.79 Å². The molecule has 20 nitrogen and oxygen atoms in total. The fourth-order valence-electron chi connectivity index (χ4n) is 5.05. The molecule has 0 aromatic heterocycles. The van der Waals surface area contributed by atoms with E-state index < -0.39 is 136 Å². The molecule has 3 saturated heterocycles. The fourth-order valence-corrected chi connectivity index (χ4v) is 5.05. The number of carbonyl (C=O) groups is 2. The molecule has 1 amide bonds. The van der Waals surface area contributed by atoms with E-state index in [2.05, 4.69) is 5.32 Å². The maximum absolute atomic E-state index is 12.3. The van der Waals surface area contributed by atoms with Crippen molar-refractivity contribution in [2.24, 2.45) is 0 Å². The van der Waals surface area contributed by atoms with Gasteiger partial charge in [-0.15, -0.1) is 0 Å². The summed E-state index contributed by atoms with van der Waals surface area (Å²) in [6.07, 6.45) is -27.0. The van der Waals surface area contributed by atoms with E-state index in [9.17, 15) is 70.9 Å². The largest absolute Gasteiger partial charge is 0.477 e. The first-order chi connectivity index (χ1) is 20.1. The second-order valence-corrected chi connectivity index (χ2v) is 10.5. The average Bonchev–Trinajstić information content (AvgIpc) is 2.96. The molecule has 2 unspecified atom stereocenters. The molecule has 0 aliphatic carbocycles. The zero-order valence-corrected chi connectivity index (χ0v) is 22.7. The van der Waals surface area contributed by atoms with Gasteiger partial charge in [0.05, 0.1) is 32.0 Å². The Hall–Kier alpha value is -1.70. The van der Waals surface area contributed by atoms with E-state index in [-0.39, 0.29) is 0 Å². The maximum atomic E-state index is 12.3. The van der Waals surface area contributed by atoms with Crippen molar-refractivity contribution in [2.75, 3.05) is 19.8 Å². The van der Waals surface area contributed by atoms with Crippen molar-refractivity contribution in [1.29, 1.82) is 0 Å². The summed E-state index contributed by atoms with van der Waals surface area (Å²) in [5, 5.41) is 123. The Morgan fingerprint density at radius 2 is 1.58 bits per heavy atom. The number of nitrogens with one attached hydrogen (secondary N) is 1. The van der Waals surface area contributed by atoms with Gasteiger partial charge >= 0.3 is 5.97 Å². The molecule has 16 atom stereocenters. The standard InChI is InChI=1S/C23H39NO19/c1-6(27)24-11-7(28)2-23(22(37)38,43-19(11)12(30)8(29)3-25)39-5-10-13(31)14(32)17(35)21(41-10)42-18-9(4-26)40-20(36)16(34)15(18)33/h7-21,25-26,28-36H,2-5H2,1H3,(H,24,27)(H,37,38)/t7-,8+,9+,10+,11+,12+,13-,14-,15+,16+,17+,18+,19+,20?,21?,23+/m0/s1. The van der Waals surface area contributed by atoms with Crippen LogP contribution in [0.2, 0.25) is 0 Å². The number of amides is 1. The van der Waals surface area contributed by atoms with Crippen molar-refractivity contribution in [3.63, 3.8) is 0 Å². The van der Waals surface area contributed by atoms with Crippen LogP contribution in [0.4, 0.5) is 0 Å². The number of carbonyl (C=O) groups excluding carboxylic acids is 1. The van der Waals surface area contributed by atoms with Crippen LogP contribution in [-0.4, -0.2) is 191 Å². The van der Waals surface area contributed by atoms with Crippen LogP contribution in [-0.2, 0) is 33.3 Å². The molecule has 3 heterocycles. The topological polar surface area (TPSA) is 335 Å². The van der Waals surface area contributed by atoms with E-state index in [1.807, 2.05) is 0 Å². The first kappa shape index (κ1) is 35.8. The Bertz CT molecular complexity index is 942. The highest BCUT2D eigenvalue weighted by atomic mass is 16.8. The second kappa shape index (κ2) is 14.6. The van der Waals surface area contributed by atoms with Crippen LogP contribution in [0.3, 0.4) is 0 Å². The van der Waals surface area contributed by atoms with Gasteiger partial charge in [0, 0.05) is 13.3 Å². The SMILES string of the molecule is CC(=O)N[C@H]1[C@H]([C@H](O)[C@H](O)CO)O[C@@](OC[C@H]2OC(O[C@H]3[C@H](O)[C@@H](O)C(O)O[C@@H]3CO)[C@H](O)[C@@H](O)[C@H]2O)(C(=O)O)C[C@@H]1O. The summed E-state index contributed by atoms with van der Waals surface area (Å²) >= 11 is 0. The van der Waals surface area contributed by atoms with Crippen molar-refractivity contribution < 1.29 is 94.6 Å². The number of rotatable bonds is 11. The van der Waals surface area contributed by atoms with E-state index >= 15 is 0 Å². The molecule has 3 aliphatic heterocycles. The van der Waals surface area contributed by atoms with Crippen LogP contribution in [0.15, 0.2) is 0 Å². The number of aliphatic carboxylic acids is 1. The van der Waals surface area contributed by atoms with Crippen LogP contribution >= 0.6 is 0 Å². The van der Waals surface area contributed by atoms with Gasteiger partial charge in [0.1, 0.15) is 67.1 Å². The van der Waals surface area contributed by atoms with Gasteiger partial charge in [0.15, 0.2) is 12.6 Å². The van der Waals surface area contributed by atoms with Crippen LogP contribution in [0, 0.1) is 0 Å². The molecule has 0 saturated carbocycles. The summed E-state index contributed by atoms with van der Waals surface area (Å²) in [4.78, 5) is 24.0. The van der Waals surface area contributed by atoms with Crippen LogP contribution in [0.1, 0.15) is 13.3 Å². The minimum atomic E-state index is -2.83. The smallest absolute Gasteiger partial charge is 0.364 e. The van der Waals surface area contributed by atoms with Crippen molar-refractivity contribution >= 4 is 11.9 Å². The Kier molecular flexibility index (Phi) is 12.1. The van der Waals surface area contributed by atoms with Gasteiger partial charge in [-0.05, 0) is 0 Å². The third kappa shape index (κ3) is 7.58. The molecule has 250 valence electrons. The van der Waals surface area contributed by atoms with E-state index in [0.717, 1.165) is 6.92 Å². The maximum Gasteiger partial charge on any atom is 0.364 e. The monoisotopic (exact) mass is 633 g/mol. The quantitative estimate of drug-likeness (QED) is 0.100. The summed E-state index contributed by atoms with van der Waals surface area (Å²) in [5.41, 5.74) is 0. The zero-order valence-electron chi connectivity index (χ0n) is 22.7. The Morgan fingerprint density at radius 1 is 0.930 bits per heavy atom. The van der Waals surface area contributed by atoms with Gasteiger partial charge in [-0.3, -0.25) is 4.79 Å². The van der Waals surface area contributed by atoms with Crippen LogP contribution in [0.25, 0.3) is 0 Å². The molecule has 0 spiro atoms. The first-order valence-electron chi connectivity index (χ1n) is 13.2. The van der Waals surface area contributed by atoms with Gasteiger partial charge in [0.2, 0.25) is 5.91 Å². The number of ether oxygens (including phenoxy) is 5. The minimum absolute atomic E-state index is 0.719. The summed E-state index contributed by atoms with van der Waals surface area (Å²) in [6, 6.07) is -1.48. The number of carboxylic acids is 1. The molecular weight excluding hydrogens is 594 g/mol. The second-order valence-electron chi connectivity index (χ2n) is 10.5. The van der Waals surface area contributed by atoms with Crippen LogP contribution < -0.4 is 5.32 Å². The number of aliphatic hydroxyl groups excluding tert-OH is 11. The highest BCUT2D eigenvalue weighted by Crippen LogP contribution is 2.35. The Balaban J connectivity index is 1.82. The number of hydrogen-bond donors (Lipinski definition) is 13. The Morgan fingerprint density at radius 3 is 2.14 bits per heavy atom. The summed E-state index contributed by atoms with van der Waals surface area (Å²) < 4.78 is 26.7. The fraction of sp³-hybridized carbons (Fsp3) is 0.913. The van der Waals surface area contributed by atoms with Gasteiger partial charge in [0.25, 0.3) is 5.79 Å². The molecule has 3 fully saturated rings. The lowest BCUT2D eigenvalue weighted by Crippen LogP contribution is -2.68. The van der Waals surface area contributed by atoms with Gasteiger partial charge in [-0.2, -0.15) is 0 Å². The summed E-state index contributed by atoms with van der Waals surface area (Å²) in [5.74, 6) is -5.42. The van der Waals surface area contributed by atoms with Crippen molar-refractivity contribution in [1.82, 2.24) is 5.32 Å². The molecule has 0 bridgehead atoms. The first-order valence-corrected chi connectivity index (χ1v) is 13.2. The summed E-state index contributed by atoms with van der Waals surface area (Å²) in [7, 11) is 0. The normalized spacial score (nSPS) is 45.3. The van der Waals surface area contributed by atoms with E-state index in [1.54, 1.807) is 0 Å². The van der Waals surface area contributed by atoms with Crippen molar-refractivity contribution in [3.8, 4) is 0 Å². The summed E-state index contributed by atoms with van der Waals surface area (Å²) in [6.45, 7) is -1.76. The molecule has 3 aliphatic rings. The molecule has 43 heavy (non-hydrogen) atoms. The number of hydrogen-bond acceptors (Lipinski definition) is 18. The molecular formula is C23H39NO19. The predicted molar refractivity (Wildman–Crippen MR) is 130 cm³/mol. The Labute approximate surface area is 243 Å². The molecule has 3 rings (SSSR count). The van der Waals surface area contributed by atoms with Crippen molar-refractivity contribution in [3.05, 3.63) is 0 Å². The predicted octanol–water partition coefficient (Wildman–Crippen LogP) is -8.22. The van der Waals surface area contributed by atoms with Gasteiger partial charge < -0.3 is 90.3 Å². The highest BCUT2D eigenvalue weighted by molar-refractivity contribution is 5.76. The number of carboxylic acid groups (broad SMARTS) is 1. The number of aliphatic hydroxyl groups is 11. The minimum Gasteiger partial charge on any atom is -0.477 e. The molecule has 13 N–H and O–H groups in total.